The summed E-state index contributed by atoms with van der Waals surface area (Å²) >= 11 is 6.05. The van der Waals surface area contributed by atoms with Crippen LogP contribution in [0, 0.1) is 0 Å². The molecule has 2 amide bonds. The molecular weight excluding hydrogens is 336 g/mol. The summed E-state index contributed by atoms with van der Waals surface area (Å²) in [7, 11) is 0. The second kappa shape index (κ2) is 7.64. The van der Waals surface area contributed by atoms with Crippen LogP contribution in [0.1, 0.15) is 20.7 Å². The van der Waals surface area contributed by atoms with Gasteiger partial charge in [-0.25, -0.2) is 0 Å². The van der Waals surface area contributed by atoms with Gasteiger partial charge in [-0.3, -0.25) is 9.59 Å². The van der Waals surface area contributed by atoms with E-state index in [0.29, 0.717) is 27.5 Å². The fraction of sp³-hybridized carbons (Fsp3) is 0. The first-order chi connectivity index (χ1) is 12.1. The Labute approximate surface area is 150 Å². The Morgan fingerprint density at radius 1 is 0.680 bits per heavy atom. The molecule has 5 heteroatoms. The zero-order chi connectivity index (χ0) is 17.6. The molecule has 3 aromatic rings. The predicted octanol–water partition coefficient (Wildman–Crippen LogP) is 4.84. The van der Waals surface area contributed by atoms with E-state index in [1.807, 2.05) is 18.2 Å². The lowest BCUT2D eigenvalue weighted by Crippen LogP contribution is -2.15. The maximum atomic E-state index is 12.4. The lowest BCUT2D eigenvalue weighted by Gasteiger charge is -2.09. The van der Waals surface area contributed by atoms with Crippen molar-refractivity contribution in [3.8, 4) is 0 Å². The van der Waals surface area contributed by atoms with E-state index in [2.05, 4.69) is 10.6 Å². The third kappa shape index (κ3) is 4.25. The van der Waals surface area contributed by atoms with Crippen LogP contribution < -0.4 is 10.6 Å². The van der Waals surface area contributed by atoms with Crippen LogP contribution in [-0.4, -0.2) is 11.8 Å². The van der Waals surface area contributed by atoms with Crippen LogP contribution in [0.2, 0.25) is 5.02 Å². The number of para-hydroxylation sites is 2. The van der Waals surface area contributed by atoms with Crippen LogP contribution in [0.25, 0.3) is 0 Å². The number of rotatable bonds is 4. The molecule has 0 saturated heterocycles. The van der Waals surface area contributed by atoms with Crippen molar-refractivity contribution < 1.29 is 9.59 Å². The van der Waals surface area contributed by atoms with Gasteiger partial charge in [0.25, 0.3) is 11.8 Å². The molecule has 25 heavy (non-hydrogen) atoms. The average molecular weight is 351 g/mol. The highest BCUT2D eigenvalue weighted by molar-refractivity contribution is 6.33. The lowest BCUT2D eigenvalue weighted by atomic mass is 10.1. The fourth-order valence-electron chi connectivity index (χ4n) is 2.28. The highest BCUT2D eigenvalue weighted by Crippen LogP contribution is 2.21. The summed E-state index contributed by atoms with van der Waals surface area (Å²) in [5, 5.41) is 5.98. The van der Waals surface area contributed by atoms with Crippen molar-refractivity contribution in [3.63, 3.8) is 0 Å². The summed E-state index contributed by atoms with van der Waals surface area (Å²) in [4.78, 5) is 24.7. The molecule has 0 aromatic heterocycles. The number of hydrogen-bond donors (Lipinski definition) is 2. The third-order valence-corrected chi connectivity index (χ3v) is 3.87. The van der Waals surface area contributed by atoms with Crippen LogP contribution in [0.4, 0.5) is 11.4 Å². The van der Waals surface area contributed by atoms with E-state index in [1.54, 1.807) is 60.7 Å². The minimum Gasteiger partial charge on any atom is -0.322 e. The van der Waals surface area contributed by atoms with Gasteiger partial charge in [-0.05, 0) is 42.5 Å². The second-order valence-corrected chi connectivity index (χ2v) is 5.74. The summed E-state index contributed by atoms with van der Waals surface area (Å²) in [6, 6.07) is 22.6. The number of hydrogen-bond acceptors (Lipinski definition) is 2. The maximum absolute atomic E-state index is 12.4. The number of benzene rings is 3. The van der Waals surface area contributed by atoms with Gasteiger partial charge < -0.3 is 10.6 Å². The molecule has 0 atom stereocenters. The number of carbonyl (C=O) groups excluding carboxylic acids is 2. The topological polar surface area (TPSA) is 58.2 Å². The van der Waals surface area contributed by atoms with Crippen molar-refractivity contribution in [3.05, 3.63) is 95.0 Å². The Hall–Kier alpha value is -3.11. The molecule has 3 aromatic carbocycles. The highest BCUT2D eigenvalue weighted by Gasteiger charge is 2.12. The first-order valence-corrected chi connectivity index (χ1v) is 8.03. The van der Waals surface area contributed by atoms with E-state index in [4.69, 9.17) is 11.6 Å². The molecule has 0 radical (unpaired) electrons. The molecule has 3 rings (SSSR count). The number of carbonyl (C=O) groups is 2. The predicted molar refractivity (Wildman–Crippen MR) is 100 cm³/mol. The number of halogens is 1. The summed E-state index contributed by atoms with van der Waals surface area (Å²) in [6.07, 6.45) is 0. The molecule has 0 saturated carbocycles. The number of amides is 2. The molecule has 0 spiro atoms. The first kappa shape index (κ1) is 16.7. The average Bonchev–Trinajstić information content (AvgIpc) is 2.64. The smallest absolute Gasteiger partial charge is 0.255 e. The van der Waals surface area contributed by atoms with Crippen LogP contribution in [0.3, 0.4) is 0 Å². The molecular formula is C20H15ClN2O2. The Morgan fingerprint density at radius 2 is 1.28 bits per heavy atom. The van der Waals surface area contributed by atoms with E-state index in [9.17, 15) is 9.59 Å². The van der Waals surface area contributed by atoms with E-state index in [1.165, 1.54) is 0 Å². The zero-order valence-corrected chi connectivity index (χ0v) is 14.0. The quantitative estimate of drug-likeness (QED) is 0.707. The van der Waals surface area contributed by atoms with Gasteiger partial charge in [0.2, 0.25) is 0 Å². The van der Waals surface area contributed by atoms with Crippen LogP contribution in [0.5, 0.6) is 0 Å². The zero-order valence-electron chi connectivity index (χ0n) is 13.2. The molecule has 0 aliphatic heterocycles. The number of anilines is 2. The number of nitrogens with one attached hydrogen (secondary N) is 2. The van der Waals surface area contributed by atoms with Gasteiger partial charge in [-0.15, -0.1) is 0 Å². The highest BCUT2D eigenvalue weighted by atomic mass is 35.5. The normalized spacial score (nSPS) is 10.1. The van der Waals surface area contributed by atoms with Crippen molar-refractivity contribution in [2.24, 2.45) is 0 Å². The molecule has 0 bridgehead atoms. The maximum Gasteiger partial charge on any atom is 0.255 e. The molecule has 0 aliphatic rings. The summed E-state index contributed by atoms with van der Waals surface area (Å²) < 4.78 is 0. The lowest BCUT2D eigenvalue weighted by molar-refractivity contribution is 0.102. The molecule has 0 fully saturated rings. The van der Waals surface area contributed by atoms with Gasteiger partial charge in [-0.2, -0.15) is 0 Å². The first-order valence-electron chi connectivity index (χ1n) is 7.66. The van der Waals surface area contributed by atoms with Crippen molar-refractivity contribution in [1.82, 2.24) is 0 Å². The molecule has 0 unspecified atom stereocenters. The Morgan fingerprint density at radius 3 is 1.96 bits per heavy atom. The molecule has 124 valence electrons. The molecule has 0 aliphatic carbocycles. The van der Waals surface area contributed by atoms with Crippen molar-refractivity contribution in [2.45, 2.75) is 0 Å². The van der Waals surface area contributed by atoms with E-state index in [-0.39, 0.29) is 11.8 Å². The largest absolute Gasteiger partial charge is 0.322 e. The molecule has 4 nitrogen and oxygen atoms in total. The van der Waals surface area contributed by atoms with E-state index in [0.717, 1.165) is 0 Å². The minimum atomic E-state index is -0.331. The summed E-state index contributed by atoms with van der Waals surface area (Å²) in [6.45, 7) is 0. The van der Waals surface area contributed by atoms with Crippen LogP contribution in [0.15, 0.2) is 78.9 Å². The van der Waals surface area contributed by atoms with Gasteiger partial charge in [0, 0.05) is 16.8 Å². The Balaban J connectivity index is 1.76. The van der Waals surface area contributed by atoms with E-state index >= 15 is 0 Å². The monoisotopic (exact) mass is 350 g/mol. The van der Waals surface area contributed by atoms with Gasteiger partial charge in [0.05, 0.1) is 10.7 Å². The Kier molecular flexibility index (Phi) is 5.11. The molecule has 2 N–H and O–H groups in total. The van der Waals surface area contributed by atoms with Gasteiger partial charge >= 0.3 is 0 Å². The standard InChI is InChI=1S/C20H15ClN2O2/c21-17-11-4-5-12-18(17)23-20(25)15-8-6-7-14(13-15)19(24)22-16-9-2-1-3-10-16/h1-13H,(H,22,24)(H,23,25). The summed E-state index contributed by atoms with van der Waals surface area (Å²) in [5.41, 5.74) is 1.99. The Bertz CT molecular complexity index is 910. The molecule has 0 heterocycles. The van der Waals surface area contributed by atoms with Crippen molar-refractivity contribution in [2.75, 3.05) is 10.6 Å². The van der Waals surface area contributed by atoms with Crippen LogP contribution >= 0.6 is 11.6 Å². The second-order valence-electron chi connectivity index (χ2n) is 5.33. The van der Waals surface area contributed by atoms with Gasteiger partial charge in [0.1, 0.15) is 0 Å². The van der Waals surface area contributed by atoms with Crippen molar-refractivity contribution >= 4 is 34.8 Å². The fourth-order valence-corrected chi connectivity index (χ4v) is 2.47. The SMILES string of the molecule is O=C(Nc1ccccc1)c1cccc(C(=O)Nc2ccccc2Cl)c1. The third-order valence-electron chi connectivity index (χ3n) is 3.54. The summed E-state index contributed by atoms with van der Waals surface area (Å²) in [5.74, 6) is -0.610. The van der Waals surface area contributed by atoms with Crippen molar-refractivity contribution in [1.29, 1.82) is 0 Å². The van der Waals surface area contributed by atoms with E-state index < -0.39 is 0 Å². The van der Waals surface area contributed by atoms with Crippen LogP contribution in [-0.2, 0) is 0 Å². The minimum absolute atomic E-state index is 0.279. The van der Waals surface area contributed by atoms with Gasteiger partial charge in [-0.1, -0.05) is 48.0 Å². The van der Waals surface area contributed by atoms with Gasteiger partial charge in [0.15, 0.2) is 0 Å².